The van der Waals surface area contributed by atoms with Crippen molar-refractivity contribution in [2.75, 3.05) is 37.6 Å². The van der Waals surface area contributed by atoms with Crippen LogP contribution < -0.4 is 4.90 Å². The van der Waals surface area contributed by atoms with Crippen molar-refractivity contribution in [1.82, 2.24) is 9.27 Å². The van der Waals surface area contributed by atoms with Gasteiger partial charge in [0.15, 0.2) is 0 Å². The van der Waals surface area contributed by atoms with Crippen molar-refractivity contribution in [2.45, 2.75) is 6.10 Å². The smallest absolute Gasteiger partial charge is 0.150 e. The molecule has 1 aliphatic heterocycles. The van der Waals surface area contributed by atoms with E-state index in [2.05, 4.69) is 38.4 Å². The quantitative estimate of drug-likeness (QED) is 0.788. The summed E-state index contributed by atoms with van der Waals surface area (Å²) in [5.41, 5.74) is 0. The average molecular weight is 345 g/mol. The van der Waals surface area contributed by atoms with E-state index in [4.69, 9.17) is 0 Å². The molecule has 1 saturated heterocycles. The van der Waals surface area contributed by atoms with Crippen LogP contribution in [0.3, 0.4) is 0 Å². The standard InChI is InChI=1S/C17H19N3OS2/c21-14(16-6-3-11-22-16)12-19-7-9-20(10-8-19)17-13-4-1-2-5-15(13)23-18-17/h1-6,11,14,21H,7-10,12H2/t14-/m0/s1. The Morgan fingerprint density at radius 1 is 1.09 bits per heavy atom. The molecule has 4 nitrogen and oxygen atoms in total. The number of β-amino-alcohol motifs (C(OH)–C–C–N with tert-alkyl or cyclic N) is 1. The molecule has 4 rings (SSSR count). The number of rotatable bonds is 4. The molecule has 1 fully saturated rings. The Morgan fingerprint density at radius 2 is 1.91 bits per heavy atom. The first-order valence-electron chi connectivity index (χ1n) is 7.84. The van der Waals surface area contributed by atoms with Crippen molar-refractivity contribution in [3.63, 3.8) is 0 Å². The summed E-state index contributed by atoms with van der Waals surface area (Å²) in [4.78, 5) is 5.76. The van der Waals surface area contributed by atoms with E-state index >= 15 is 0 Å². The monoisotopic (exact) mass is 345 g/mol. The molecule has 0 amide bonds. The lowest BCUT2D eigenvalue weighted by Crippen LogP contribution is -2.47. The van der Waals surface area contributed by atoms with Crippen LogP contribution in [-0.4, -0.2) is 47.1 Å². The first-order valence-corrected chi connectivity index (χ1v) is 9.50. The highest BCUT2D eigenvalue weighted by Gasteiger charge is 2.22. The number of thiophene rings is 1. The summed E-state index contributed by atoms with van der Waals surface area (Å²) in [5, 5.41) is 13.6. The molecular weight excluding hydrogens is 326 g/mol. The number of hydrogen-bond donors (Lipinski definition) is 1. The Balaban J connectivity index is 1.39. The van der Waals surface area contributed by atoms with E-state index in [0.717, 1.165) is 36.9 Å². The van der Waals surface area contributed by atoms with Crippen molar-refractivity contribution >= 4 is 38.8 Å². The third kappa shape index (κ3) is 3.12. The largest absolute Gasteiger partial charge is 0.386 e. The summed E-state index contributed by atoms with van der Waals surface area (Å²) in [5.74, 6) is 1.11. The molecule has 0 bridgehead atoms. The van der Waals surface area contributed by atoms with Crippen LogP contribution in [0.2, 0.25) is 0 Å². The van der Waals surface area contributed by atoms with Crippen LogP contribution in [0.15, 0.2) is 41.8 Å². The first kappa shape index (κ1) is 15.1. The Hall–Kier alpha value is -1.47. The lowest BCUT2D eigenvalue weighted by molar-refractivity contribution is 0.112. The number of aromatic nitrogens is 1. The van der Waals surface area contributed by atoms with E-state index in [1.54, 1.807) is 22.9 Å². The van der Waals surface area contributed by atoms with Gasteiger partial charge in [0.1, 0.15) is 11.9 Å². The lowest BCUT2D eigenvalue weighted by Gasteiger charge is -2.35. The van der Waals surface area contributed by atoms with E-state index in [1.807, 2.05) is 17.5 Å². The van der Waals surface area contributed by atoms with Crippen molar-refractivity contribution in [2.24, 2.45) is 0 Å². The minimum absolute atomic E-state index is 0.373. The van der Waals surface area contributed by atoms with Crippen molar-refractivity contribution in [1.29, 1.82) is 0 Å². The number of aliphatic hydroxyl groups is 1. The predicted molar refractivity (Wildman–Crippen MR) is 97.6 cm³/mol. The lowest BCUT2D eigenvalue weighted by atomic mass is 10.2. The third-order valence-electron chi connectivity index (χ3n) is 4.33. The van der Waals surface area contributed by atoms with Gasteiger partial charge in [0, 0.05) is 43.0 Å². The van der Waals surface area contributed by atoms with E-state index in [-0.39, 0.29) is 6.10 Å². The molecule has 2 aromatic heterocycles. The maximum Gasteiger partial charge on any atom is 0.150 e. The highest BCUT2D eigenvalue weighted by Crippen LogP contribution is 2.30. The number of nitrogens with zero attached hydrogens (tertiary/aromatic N) is 3. The van der Waals surface area contributed by atoms with Crippen LogP contribution >= 0.6 is 22.9 Å². The van der Waals surface area contributed by atoms with E-state index in [0.29, 0.717) is 6.54 Å². The fourth-order valence-corrected chi connectivity index (χ4v) is 4.56. The Morgan fingerprint density at radius 3 is 2.70 bits per heavy atom. The molecule has 6 heteroatoms. The highest BCUT2D eigenvalue weighted by atomic mass is 32.1. The molecule has 120 valence electrons. The molecule has 1 aliphatic rings. The number of hydrogen-bond acceptors (Lipinski definition) is 6. The van der Waals surface area contributed by atoms with Gasteiger partial charge in [-0.15, -0.1) is 11.3 Å². The zero-order chi connectivity index (χ0) is 15.6. The minimum atomic E-state index is -0.373. The molecule has 1 aromatic carbocycles. The molecule has 0 saturated carbocycles. The zero-order valence-corrected chi connectivity index (χ0v) is 14.4. The number of fused-ring (bicyclic) bond motifs is 1. The summed E-state index contributed by atoms with van der Waals surface area (Å²) in [6.07, 6.45) is -0.373. The van der Waals surface area contributed by atoms with Crippen LogP contribution in [-0.2, 0) is 0 Å². The second kappa shape index (κ2) is 6.57. The van der Waals surface area contributed by atoms with Gasteiger partial charge in [0.2, 0.25) is 0 Å². The van der Waals surface area contributed by atoms with Gasteiger partial charge in [0.25, 0.3) is 0 Å². The summed E-state index contributed by atoms with van der Waals surface area (Å²) in [7, 11) is 0. The Bertz CT molecular complexity index is 763. The molecule has 0 aliphatic carbocycles. The molecule has 0 spiro atoms. The van der Waals surface area contributed by atoms with Gasteiger partial charge < -0.3 is 10.0 Å². The van der Waals surface area contributed by atoms with Gasteiger partial charge in [-0.25, -0.2) is 0 Å². The Kier molecular flexibility index (Phi) is 4.31. The zero-order valence-electron chi connectivity index (χ0n) is 12.8. The molecule has 3 aromatic rings. The summed E-state index contributed by atoms with van der Waals surface area (Å²) >= 11 is 3.20. The summed E-state index contributed by atoms with van der Waals surface area (Å²) in [6, 6.07) is 12.4. The molecule has 0 radical (unpaired) electrons. The number of benzene rings is 1. The second-order valence-electron chi connectivity index (χ2n) is 5.82. The van der Waals surface area contributed by atoms with Crippen molar-refractivity contribution in [3.05, 3.63) is 46.7 Å². The van der Waals surface area contributed by atoms with Gasteiger partial charge in [-0.3, -0.25) is 4.90 Å². The van der Waals surface area contributed by atoms with E-state index in [9.17, 15) is 5.11 Å². The van der Waals surface area contributed by atoms with Gasteiger partial charge in [-0.05, 0) is 35.1 Å². The van der Waals surface area contributed by atoms with E-state index < -0.39 is 0 Å². The number of piperazine rings is 1. The predicted octanol–water partition coefficient (Wildman–Crippen LogP) is 3.21. The maximum absolute atomic E-state index is 10.3. The fourth-order valence-electron chi connectivity index (χ4n) is 3.06. The topological polar surface area (TPSA) is 39.6 Å². The van der Waals surface area contributed by atoms with Gasteiger partial charge in [0.05, 0.1) is 4.70 Å². The highest BCUT2D eigenvalue weighted by molar-refractivity contribution is 7.13. The van der Waals surface area contributed by atoms with Crippen molar-refractivity contribution < 1.29 is 5.11 Å². The number of anilines is 1. The van der Waals surface area contributed by atoms with Gasteiger partial charge >= 0.3 is 0 Å². The van der Waals surface area contributed by atoms with Crippen LogP contribution in [0.4, 0.5) is 5.82 Å². The minimum Gasteiger partial charge on any atom is -0.386 e. The molecule has 0 unspecified atom stereocenters. The van der Waals surface area contributed by atoms with Crippen molar-refractivity contribution in [3.8, 4) is 0 Å². The summed E-state index contributed by atoms with van der Waals surface area (Å²) in [6.45, 7) is 4.57. The van der Waals surface area contributed by atoms with Gasteiger partial charge in [-0.1, -0.05) is 18.2 Å². The fraction of sp³-hybridized carbons (Fsp3) is 0.353. The second-order valence-corrected chi connectivity index (χ2v) is 7.61. The van der Waals surface area contributed by atoms with Gasteiger partial charge in [-0.2, -0.15) is 4.37 Å². The molecule has 3 heterocycles. The average Bonchev–Trinajstić information content (AvgIpc) is 3.25. The molecule has 1 atom stereocenters. The summed E-state index contributed by atoms with van der Waals surface area (Å²) < 4.78 is 5.90. The van der Waals surface area contributed by atoms with Crippen LogP contribution in [0, 0.1) is 0 Å². The van der Waals surface area contributed by atoms with Crippen LogP contribution in [0.25, 0.3) is 10.1 Å². The first-order chi connectivity index (χ1) is 11.3. The van der Waals surface area contributed by atoms with Crippen LogP contribution in [0.5, 0.6) is 0 Å². The van der Waals surface area contributed by atoms with E-state index in [1.165, 1.54) is 10.1 Å². The Labute approximate surface area is 143 Å². The maximum atomic E-state index is 10.3. The molecule has 23 heavy (non-hydrogen) atoms. The molecule has 1 N–H and O–H groups in total. The SMILES string of the molecule is O[C@@H](CN1CCN(c2nsc3ccccc23)CC1)c1cccs1. The third-order valence-corrected chi connectivity index (χ3v) is 6.12. The normalized spacial score (nSPS) is 17.7. The van der Waals surface area contributed by atoms with Crippen LogP contribution in [0.1, 0.15) is 11.0 Å². The molecular formula is C17H19N3OS2. The number of aliphatic hydroxyl groups excluding tert-OH is 1.